The monoisotopic (exact) mass is 248 g/mol. The van der Waals surface area contributed by atoms with E-state index in [0.717, 1.165) is 6.26 Å². The quantitative estimate of drug-likeness (QED) is 0.596. The first-order chi connectivity index (χ1) is 6.87. The predicted molar refractivity (Wildman–Crippen MR) is 56.5 cm³/mol. The Balaban J connectivity index is 2.77. The molecule has 0 aliphatic rings. The summed E-state index contributed by atoms with van der Waals surface area (Å²) in [4.78, 5) is 10.6. The van der Waals surface area contributed by atoms with Crippen LogP contribution in [0.2, 0.25) is 0 Å². The summed E-state index contributed by atoms with van der Waals surface area (Å²) in [5.41, 5.74) is 0.704. The number of halogens is 1. The SMILES string of the molecule is CS(=O)(=O)Oc1ccc(CC(=O)Cl)cc1. The molecule has 0 heterocycles. The first-order valence-electron chi connectivity index (χ1n) is 4.03. The van der Waals surface area contributed by atoms with Crippen LogP contribution >= 0.6 is 11.6 Å². The Hall–Kier alpha value is -1.07. The Morgan fingerprint density at radius 1 is 1.33 bits per heavy atom. The van der Waals surface area contributed by atoms with Crippen LogP contribution in [0.5, 0.6) is 5.75 Å². The van der Waals surface area contributed by atoms with Crippen molar-refractivity contribution in [2.45, 2.75) is 6.42 Å². The van der Waals surface area contributed by atoms with Gasteiger partial charge in [0.15, 0.2) is 0 Å². The second kappa shape index (κ2) is 4.63. The third-order valence-corrected chi connectivity index (χ3v) is 2.14. The lowest BCUT2D eigenvalue weighted by Crippen LogP contribution is -2.05. The molecular formula is C9H9ClO4S. The molecule has 82 valence electrons. The van der Waals surface area contributed by atoms with Gasteiger partial charge in [-0.15, -0.1) is 0 Å². The topological polar surface area (TPSA) is 60.4 Å². The van der Waals surface area contributed by atoms with Gasteiger partial charge in [0, 0.05) is 6.42 Å². The van der Waals surface area contributed by atoms with Gasteiger partial charge >= 0.3 is 10.1 Å². The van der Waals surface area contributed by atoms with Crippen LogP contribution in [0.3, 0.4) is 0 Å². The molecule has 0 aromatic heterocycles. The molecular weight excluding hydrogens is 240 g/mol. The molecule has 1 aromatic carbocycles. The molecule has 15 heavy (non-hydrogen) atoms. The number of hydrogen-bond donors (Lipinski definition) is 0. The average molecular weight is 249 g/mol. The van der Waals surface area contributed by atoms with Crippen LogP contribution in [0, 0.1) is 0 Å². The summed E-state index contributed by atoms with van der Waals surface area (Å²) >= 11 is 5.19. The fourth-order valence-corrected chi connectivity index (χ4v) is 1.61. The zero-order valence-electron chi connectivity index (χ0n) is 7.94. The minimum Gasteiger partial charge on any atom is -0.383 e. The van der Waals surface area contributed by atoms with Gasteiger partial charge < -0.3 is 4.18 Å². The van der Waals surface area contributed by atoms with Crippen molar-refractivity contribution >= 4 is 27.0 Å². The van der Waals surface area contributed by atoms with Crippen LogP contribution in [-0.2, 0) is 21.3 Å². The maximum absolute atomic E-state index is 10.8. The fourth-order valence-electron chi connectivity index (χ4n) is 0.998. The Labute approximate surface area is 92.9 Å². The summed E-state index contributed by atoms with van der Waals surface area (Å²) in [6.07, 6.45) is 1.07. The third kappa shape index (κ3) is 4.80. The van der Waals surface area contributed by atoms with Crippen LogP contribution < -0.4 is 4.18 Å². The van der Waals surface area contributed by atoms with E-state index in [1.165, 1.54) is 12.1 Å². The van der Waals surface area contributed by atoms with E-state index < -0.39 is 15.4 Å². The summed E-state index contributed by atoms with van der Waals surface area (Å²) in [5, 5.41) is -0.466. The third-order valence-electron chi connectivity index (χ3n) is 1.51. The molecule has 4 nitrogen and oxygen atoms in total. The predicted octanol–water partition coefficient (Wildman–Crippen LogP) is 1.33. The van der Waals surface area contributed by atoms with Gasteiger partial charge in [-0.05, 0) is 29.3 Å². The lowest BCUT2D eigenvalue weighted by atomic mass is 10.2. The van der Waals surface area contributed by atoms with Gasteiger partial charge in [0.1, 0.15) is 5.75 Å². The molecule has 0 saturated heterocycles. The summed E-state index contributed by atoms with van der Waals surface area (Å²) in [6.45, 7) is 0. The maximum Gasteiger partial charge on any atom is 0.306 e. The van der Waals surface area contributed by atoms with Crippen LogP contribution in [0.25, 0.3) is 0 Å². The fraction of sp³-hybridized carbons (Fsp3) is 0.222. The highest BCUT2D eigenvalue weighted by molar-refractivity contribution is 7.86. The van der Waals surface area contributed by atoms with Crippen molar-refractivity contribution in [3.63, 3.8) is 0 Å². The van der Waals surface area contributed by atoms with Crippen LogP contribution in [0.15, 0.2) is 24.3 Å². The van der Waals surface area contributed by atoms with Gasteiger partial charge in [0.2, 0.25) is 5.24 Å². The standard InChI is InChI=1S/C9H9ClO4S/c1-15(12,13)14-8-4-2-7(3-5-8)6-9(10)11/h2-5H,6H2,1H3. The van der Waals surface area contributed by atoms with Crippen molar-refractivity contribution in [2.75, 3.05) is 6.26 Å². The second-order valence-electron chi connectivity index (χ2n) is 2.96. The van der Waals surface area contributed by atoms with E-state index >= 15 is 0 Å². The van der Waals surface area contributed by atoms with Gasteiger partial charge in [0.05, 0.1) is 6.26 Å². The van der Waals surface area contributed by atoms with E-state index in [4.69, 9.17) is 11.6 Å². The number of carbonyl (C=O) groups excluding carboxylic acids is 1. The zero-order valence-corrected chi connectivity index (χ0v) is 9.51. The number of benzene rings is 1. The zero-order chi connectivity index (χ0) is 11.5. The van der Waals surface area contributed by atoms with Crippen LogP contribution in [0.1, 0.15) is 5.56 Å². The van der Waals surface area contributed by atoms with Crippen molar-refractivity contribution in [1.29, 1.82) is 0 Å². The Kier molecular flexibility index (Phi) is 3.71. The summed E-state index contributed by atoms with van der Waals surface area (Å²) < 4.78 is 26.1. The highest BCUT2D eigenvalue weighted by Crippen LogP contribution is 2.14. The summed E-state index contributed by atoms with van der Waals surface area (Å²) in [6, 6.07) is 6.11. The molecule has 1 aromatic rings. The Bertz CT molecular complexity index is 450. The van der Waals surface area contributed by atoms with Crippen LogP contribution in [-0.4, -0.2) is 19.9 Å². The van der Waals surface area contributed by atoms with Gasteiger partial charge in [-0.3, -0.25) is 4.79 Å². The molecule has 0 aliphatic heterocycles. The highest BCUT2D eigenvalue weighted by Gasteiger charge is 2.04. The van der Waals surface area contributed by atoms with E-state index in [1.807, 2.05) is 0 Å². The minimum atomic E-state index is -3.51. The average Bonchev–Trinajstić information content (AvgIpc) is 2.05. The molecule has 0 unspecified atom stereocenters. The molecule has 0 spiro atoms. The van der Waals surface area contributed by atoms with Gasteiger partial charge in [-0.2, -0.15) is 8.42 Å². The van der Waals surface area contributed by atoms with Crippen molar-refractivity contribution in [2.24, 2.45) is 0 Å². The first kappa shape index (κ1) is 12.0. The number of rotatable bonds is 4. The highest BCUT2D eigenvalue weighted by atomic mass is 35.5. The van der Waals surface area contributed by atoms with Crippen molar-refractivity contribution in [3.05, 3.63) is 29.8 Å². The number of carbonyl (C=O) groups is 1. The number of hydrogen-bond acceptors (Lipinski definition) is 4. The lowest BCUT2D eigenvalue weighted by molar-refractivity contribution is -0.111. The second-order valence-corrected chi connectivity index (χ2v) is 4.96. The van der Waals surface area contributed by atoms with Gasteiger partial charge in [-0.1, -0.05) is 12.1 Å². The largest absolute Gasteiger partial charge is 0.383 e. The summed E-state index contributed by atoms with van der Waals surface area (Å²) in [7, 11) is -3.51. The smallest absolute Gasteiger partial charge is 0.306 e. The van der Waals surface area contributed by atoms with E-state index in [0.29, 0.717) is 5.56 Å². The molecule has 1 rings (SSSR count). The van der Waals surface area contributed by atoms with Crippen molar-refractivity contribution in [3.8, 4) is 5.75 Å². The van der Waals surface area contributed by atoms with E-state index in [2.05, 4.69) is 4.18 Å². The molecule has 6 heteroatoms. The Morgan fingerprint density at radius 3 is 2.27 bits per heavy atom. The van der Waals surface area contributed by atoms with Gasteiger partial charge in [-0.25, -0.2) is 0 Å². The van der Waals surface area contributed by atoms with Crippen LogP contribution in [0.4, 0.5) is 0 Å². The summed E-state index contributed by atoms with van der Waals surface area (Å²) in [5.74, 6) is 0.211. The molecule has 0 amide bonds. The molecule has 0 radical (unpaired) electrons. The van der Waals surface area contributed by atoms with Crippen molar-refractivity contribution < 1.29 is 17.4 Å². The molecule has 0 fully saturated rings. The van der Waals surface area contributed by atoms with E-state index in [9.17, 15) is 13.2 Å². The van der Waals surface area contributed by atoms with Gasteiger partial charge in [0.25, 0.3) is 0 Å². The maximum atomic E-state index is 10.8. The molecule has 0 atom stereocenters. The normalized spacial score (nSPS) is 11.1. The molecule has 0 N–H and O–H groups in total. The lowest BCUT2D eigenvalue weighted by Gasteiger charge is -2.03. The Morgan fingerprint density at radius 2 is 1.87 bits per heavy atom. The molecule has 0 saturated carbocycles. The van der Waals surface area contributed by atoms with Crippen molar-refractivity contribution in [1.82, 2.24) is 0 Å². The first-order valence-corrected chi connectivity index (χ1v) is 6.23. The van der Waals surface area contributed by atoms with E-state index in [-0.39, 0.29) is 12.2 Å². The molecule has 0 aliphatic carbocycles. The van der Waals surface area contributed by atoms with E-state index in [1.54, 1.807) is 12.1 Å². The minimum absolute atomic E-state index is 0.112. The molecule has 0 bridgehead atoms.